The Hall–Kier alpha value is -1.36. The van der Waals surface area contributed by atoms with Crippen LogP contribution in [0, 0.1) is 12.8 Å². The normalized spacial score (nSPS) is 22.4. The lowest BCUT2D eigenvalue weighted by Gasteiger charge is -2.15. The quantitative estimate of drug-likeness (QED) is 0.830. The zero-order valence-electron chi connectivity index (χ0n) is 10.6. The van der Waals surface area contributed by atoms with Crippen LogP contribution in [0.1, 0.15) is 18.1 Å². The highest BCUT2D eigenvalue weighted by Gasteiger charge is 2.40. The monoisotopic (exact) mass is 267 g/mol. The first-order chi connectivity index (χ1) is 8.40. The van der Waals surface area contributed by atoms with Gasteiger partial charge in [0.05, 0.1) is 11.7 Å². The van der Waals surface area contributed by atoms with Gasteiger partial charge in [0.1, 0.15) is 0 Å². The van der Waals surface area contributed by atoms with E-state index in [0.29, 0.717) is 6.42 Å². The summed E-state index contributed by atoms with van der Waals surface area (Å²) in [6, 6.07) is 7.89. The standard InChI is InChI=1S/C13H17NO3S/c1-10-4-3-5-12(8-10)6-7-14-13(15)11(2)9-18(14,16)17/h3-5,8,11H,6-7,9H2,1-2H3. The second-order valence-electron chi connectivity index (χ2n) is 4.83. The molecule has 1 aromatic rings. The molecule has 1 aliphatic heterocycles. The Morgan fingerprint density at radius 2 is 2.11 bits per heavy atom. The maximum atomic E-state index is 11.8. The first-order valence-electron chi connectivity index (χ1n) is 6.00. The van der Waals surface area contributed by atoms with Gasteiger partial charge in [-0.15, -0.1) is 0 Å². The third-order valence-electron chi connectivity index (χ3n) is 3.15. The van der Waals surface area contributed by atoms with E-state index in [0.717, 1.165) is 15.4 Å². The van der Waals surface area contributed by atoms with Crippen LogP contribution in [0.2, 0.25) is 0 Å². The number of hydrogen-bond acceptors (Lipinski definition) is 3. The van der Waals surface area contributed by atoms with E-state index in [-0.39, 0.29) is 18.2 Å². The molecule has 1 aliphatic rings. The number of benzene rings is 1. The fourth-order valence-electron chi connectivity index (χ4n) is 2.21. The average Bonchev–Trinajstić information content (AvgIpc) is 2.46. The molecule has 0 saturated carbocycles. The Balaban J connectivity index is 2.09. The van der Waals surface area contributed by atoms with E-state index in [1.54, 1.807) is 6.92 Å². The van der Waals surface area contributed by atoms with Crippen molar-refractivity contribution in [1.29, 1.82) is 0 Å². The van der Waals surface area contributed by atoms with Gasteiger partial charge in [0.25, 0.3) is 0 Å². The van der Waals surface area contributed by atoms with Gasteiger partial charge in [0.15, 0.2) is 0 Å². The van der Waals surface area contributed by atoms with E-state index in [2.05, 4.69) is 0 Å². The number of carbonyl (C=O) groups excluding carboxylic acids is 1. The molecule has 0 radical (unpaired) electrons. The Morgan fingerprint density at radius 1 is 1.39 bits per heavy atom. The zero-order chi connectivity index (χ0) is 13.3. The van der Waals surface area contributed by atoms with Crippen molar-refractivity contribution >= 4 is 15.9 Å². The maximum Gasteiger partial charge on any atom is 0.239 e. The van der Waals surface area contributed by atoms with Crippen molar-refractivity contribution in [1.82, 2.24) is 4.31 Å². The van der Waals surface area contributed by atoms with Gasteiger partial charge in [-0.3, -0.25) is 4.79 Å². The van der Waals surface area contributed by atoms with E-state index >= 15 is 0 Å². The van der Waals surface area contributed by atoms with Crippen LogP contribution in [-0.2, 0) is 21.2 Å². The largest absolute Gasteiger partial charge is 0.273 e. The zero-order valence-corrected chi connectivity index (χ0v) is 11.4. The van der Waals surface area contributed by atoms with Crippen LogP contribution < -0.4 is 0 Å². The van der Waals surface area contributed by atoms with Crippen LogP contribution >= 0.6 is 0 Å². The van der Waals surface area contributed by atoms with Gasteiger partial charge in [-0.05, 0) is 18.9 Å². The predicted molar refractivity (Wildman–Crippen MR) is 69.5 cm³/mol. The Bertz CT molecular complexity index is 565. The van der Waals surface area contributed by atoms with Gasteiger partial charge in [-0.25, -0.2) is 12.7 Å². The number of sulfonamides is 1. The summed E-state index contributed by atoms with van der Waals surface area (Å²) in [5.41, 5.74) is 2.19. The summed E-state index contributed by atoms with van der Waals surface area (Å²) in [4.78, 5) is 11.8. The van der Waals surface area contributed by atoms with Crippen molar-refractivity contribution in [2.75, 3.05) is 12.3 Å². The second-order valence-corrected chi connectivity index (χ2v) is 6.77. The summed E-state index contributed by atoms with van der Waals surface area (Å²) in [7, 11) is -3.38. The summed E-state index contributed by atoms with van der Waals surface area (Å²) >= 11 is 0. The minimum absolute atomic E-state index is 0.0559. The van der Waals surface area contributed by atoms with Gasteiger partial charge >= 0.3 is 0 Å². The van der Waals surface area contributed by atoms with Crippen LogP contribution in [0.25, 0.3) is 0 Å². The molecule has 1 atom stereocenters. The molecule has 2 rings (SSSR count). The first-order valence-corrected chi connectivity index (χ1v) is 7.61. The lowest BCUT2D eigenvalue weighted by molar-refractivity contribution is -0.128. The molecule has 4 nitrogen and oxygen atoms in total. The molecule has 1 amide bonds. The minimum atomic E-state index is -3.38. The summed E-state index contributed by atoms with van der Waals surface area (Å²) in [6.45, 7) is 3.89. The van der Waals surface area contributed by atoms with E-state index in [9.17, 15) is 13.2 Å². The third-order valence-corrected chi connectivity index (χ3v) is 5.11. The molecule has 0 bridgehead atoms. The number of aryl methyl sites for hydroxylation is 1. The number of amides is 1. The van der Waals surface area contributed by atoms with E-state index in [1.165, 1.54) is 0 Å². The second kappa shape index (κ2) is 4.72. The molecular formula is C13H17NO3S. The van der Waals surface area contributed by atoms with Crippen LogP contribution in [0.15, 0.2) is 24.3 Å². The molecule has 18 heavy (non-hydrogen) atoms. The molecule has 98 valence electrons. The van der Waals surface area contributed by atoms with Crippen LogP contribution in [0.3, 0.4) is 0 Å². The van der Waals surface area contributed by atoms with E-state index in [4.69, 9.17) is 0 Å². The molecule has 0 spiro atoms. The number of rotatable bonds is 3. The van der Waals surface area contributed by atoms with E-state index in [1.807, 2.05) is 31.2 Å². The fourth-order valence-corrected chi connectivity index (χ4v) is 3.99. The molecule has 1 saturated heterocycles. The number of carbonyl (C=O) groups is 1. The summed E-state index contributed by atoms with van der Waals surface area (Å²) in [5, 5.41) is 0. The highest BCUT2D eigenvalue weighted by molar-refractivity contribution is 7.90. The molecule has 5 heteroatoms. The van der Waals surface area contributed by atoms with E-state index < -0.39 is 15.9 Å². The van der Waals surface area contributed by atoms with Crippen LogP contribution in [0.5, 0.6) is 0 Å². The minimum Gasteiger partial charge on any atom is -0.273 e. The SMILES string of the molecule is Cc1cccc(CCN2C(=O)C(C)CS2(=O)=O)c1. The number of nitrogens with zero attached hydrogens (tertiary/aromatic N) is 1. The van der Waals surface area contributed by atoms with Gasteiger partial charge in [-0.1, -0.05) is 36.8 Å². The van der Waals surface area contributed by atoms with Gasteiger partial charge in [0.2, 0.25) is 15.9 Å². The Morgan fingerprint density at radius 3 is 2.67 bits per heavy atom. The molecule has 1 unspecified atom stereocenters. The highest BCUT2D eigenvalue weighted by Crippen LogP contribution is 2.21. The molecule has 0 aliphatic carbocycles. The molecule has 0 N–H and O–H groups in total. The molecule has 1 fully saturated rings. The van der Waals surface area contributed by atoms with Crippen LogP contribution in [-0.4, -0.2) is 30.9 Å². The maximum absolute atomic E-state index is 11.8. The van der Waals surface area contributed by atoms with Gasteiger partial charge < -0.3 is 0 Å². The van der Waals surface area contributed by atoms with Crippen molar-refractivity contribution < 1.29 is 13.2 Å². The lowest BCUT2D eigenvalue weighted by Crippen LogP contribution is -2.32. The van der Waals surface area contributed by atoms with Crippen molar-refractivity contribution in [3.05, 3.63) is 35.4 Å². The molecule has 1 aromatic carbocycles. The summed E-state index contributed by atoms with van der Waals surface area (Å²) in [5.74, 6) is -0.741. The summed E-state index contributed by atoms with van der Waals surface area (Å²) in [6.07, 6.45) is 0.569. The van der Waals surface area contributed by atoms with Gasteiger partial charge in [-0.2, -0.15) is 0 Å². The Labute approximate surface area is 108 Å². The number of hydrogen-bond donors (Lipinski definition) is 0. The molecule has 1 heterocycles. The smallest absolute Gasteiger partial charge is 0.239 e. The van der Waals surface area contributed by atoms with Crippen LogP contribution in [0.4, 0.5) is 0 Å². The van der Waals surface area contributed by atoms with Crippen molar-refractivity contribution in [2.24, 2.45) is 5.92 Å². The average molecular weight is 267 g/mol. The third kappa shape index (κ3) is 2.56. The topological polar surface area (TPSA) is 54.5 Å². The molecule has 0 aromatic heterocycles. The predicted octanol–water partition coefficient (Wildman–Crippen LogP) is 1.35. The van der Waals surface area contributed by atoms with Crippen molar-refractivity contribution in [2.45, 2.75) is 20.3 Å². The molecular weight excluding hydrogens is 250 g/mol. The lowest BCUT2D eigenvalue weighted by atomic mass is 10.1. The fraction of sp³-hybridized carbons (Fsp3) is 0.462. The highest BCUT2D eigenvalue weighted by atomic mass is 32.2. The van der Waals surface area contributed by atoms with Crippen molar-refractivity contribution in [3.8, 4) is 0 Å². The summed E-state index contributed by atoms with van der Waals surface area (Å²) < 4.78 is 24.6. The van der Waals surface area contributed by atoms with Gasteiger partial charge in [0, 0.05) is 6.54 Å². The van der Waals surface area contributed by atoms with Crippen molar-refractivity contribution in [3.63, 3.8) is 0 Å². The first kappa shape index (κ1) is 13.1. The Kier molecular flexibility index (Phi) is 3.43.